The van der Waals surface area contributed by atoms with E-state index in [1.54, 1.807) is 30.3 Å². The lowest BCUT2D eigenvalue weighted by atomic mass is 10.1. The number of rotatable bonds is 9. The summed E-state index contributed by atoms with van der Waals surface area (Å²) in [5, 5.41) is 2.89. The SMILES string of the molecule is C[C@H](NC(=O)c1ccc(CN2C(=O)COc3ccc(C(=O)COc4ccccc4F)cc32)o1)c1ccccc1. The summed E-state index contributed by atoms with van der Waals surface area (Å²) >= 11 is 0. The van der Waals surface area contributed by atoms with Crippen molar-refractivity contribution in [1.82, 2.24) is 5.32 Å². The van der Waals surface area contributed by atoms with Gasteiger partial charge in [0.25, 0.3) is 11.8 Å². The first-order valence-corrected chi connectivity index (χ1v) is 12.3. The number of ketones is 1. The number of benzene rings is 3. The van der Waals surface area contributed by atoms with Crippen LogP contribution in [0, 0.1) is 5.82 Å². The Kier molecular flexibility index (Phi) is 7.40. The smallest absolute Gasteiger partial charge is 0.287 e. The quantitative estimate of drug-likeness (QED) is 0.304. The highest BCUT2D eigenvalue weighted by molar-refractivity contribution is 6.02. The van der Waals surface area contributed by atoms with Gasteiger partial charge in [0.15, 0.2) is 36.3 Å². The second-order valence-corrected chi connectivity index (χ2v) is 8.97. The summed E-state index contributed by atoms with van der Waals surface area (Å²) < 4.78 is 30.5. The molecule has 2 heterocycles. The summed E-state index contributed by atoms with van der Waals surface area (Å²) in [5.41, 5.74) is 1.60. The number of nitrogens with one attached hydrogen (secondary N) is 1. The van der Waals surface area contributed by atoms with Gasteiger partial charge >= 0.3 is 0 Å². The number of ether oxygens (including phenoxy) is 2. The van der Waals surface area contributed by atoms with Gasteiger partial charge < -0.3 is 19.2 Å². The third kappa shape index (κ3) is 5.82. The van der Waals surface area contributed by atoms with Crippen molar-refractivity contribution < 1.29 is 32.7 Å². The molecule has 0 saturated heterocycles. The topological polar surface area (TPSA) is 98.1 Å². The number of amides is 2. The van der Waals surface area contributed by atoms with Crippen LogP contribution >= 0.6 is 0 Å². The monoisotopic (exact) mass is 528 g/mol. The Balaban J connectivity index is 1.28. The zero-order chi connectivity index (χ0) is 27.4. The molecule has 39 heavy (non-hydrogen) atoms. The van der Waals surface area contributed by atoms with Crippen LogP contribution in [0.25, 0.3) is 0 Å². The molecule has 9 heteroatoms. The average molecular weight is 529 g/mol. The van der Waals surface area contributed by atoms with Crippen molar-refractivity contribution in [3.8, 4) is 11.5 Å². The van der Waals surface area contributed by atoms with Crippen LogP contribution < -0.4 is 19.7 Å². The number of anilines is 1. The molecule has 1 aromatic heterocycles. The summed E-state index contributed by atoms with van der Waals surface area (Å²) in [6.45, 7) is 1.34. The van der Waals surface area contributed by atoms with E-state index in [4.69, 9.17) is 13.9 Å². The number of carbonyl (C=O) groups excluding carboxylic acids is 3. The summed E-state index contributed by atoms with van der Waals surface area (Å²) in [6.07, 6.45) is 0. The third-order valence-corrected chi connectivity index (χ3v) is 6.27. The molecule has 0 fully saturated rings. The van der Waals surface area contributed by atoms with Crippen LogP contribution in [0.2, 0.25) is 0 Å². The first kappa shape index (κ1) is 25.7. The minimum Gasteiger partial charge on any atom is -0.482 e. The summed E-state index contributed by atoms with van der Waals surface area (Å²) in [4.78, 5) is 39.7. The molecular weight excluding hydrogens is 503 g/mol. The molecule has 1 N–H and O–H groups in total. The van der Waals surface area contributed by atoms with Gasteiger partial charge in [-0.1, -0.05) is 42.5 Å². The molecule has 0 aliphatic carbocycles. The molecule has 0 unspecified atom stereocenters. The Labute approximate surface area is 223 Å². The van der Waals surface area contributed by atoms with Crippen molar-refractivity contribution in [2.24, 2.45) is 0 Å². The number of hydrogen-bond acceptors (Lipinski definition) is 6. The molecule has 0 spiro atoms. The van der Waals surface area contributed by atoms with Gasteiger partial charge in [-0.3, -0.25) is 19.3 Å². The highest BCUT2D eigenvalue weighted by atomic mass is 19.1. The van der Waals surface area contributed by atoms with Gasteiger partial charge in [-0.2, -0.15) is 0 Å². The first-order chi connectivity index (χ1) is 18.9. The second kappa shape index (κ2) is 11.2. The highest BCUT2D eigenvalue weighted by Crippen LogP contribution is 2.34. The Bertz CT molecular complexity index is 1520. The normalized spacial score (nSPS) is 13.3. The van der Waals surface area contributed by atoms with Crippen molar-refractivity contribution >= 4 is 23.3 Å². The Morgan fingerprint density at radius 2 is 1.79 bits per heavy atom. The molecule has 4 aromatic rings. The maximum absolute atomic E-state index is 13.8. The lowest BCUT2D eigenvalue weighted by molar-refractivity contribution is -0.121. The third-order valence-electron chi connectivity index (χ3n) is 6.27. The number of halogens is 1. The summed E-state index contributed by atoms with van der Waals surface area (Å²) in [5.74, 6) is -0.798. The minimum absolute atomic E-state index is 0.0279. The zero-order valence-electron chi connectivity index (χ0n) is 21.1. The maximum Gasteiger partial charge on any atom is 0.287 e. The van der Waals surface area contributed by atoms with Crippen LogP contribution in [0.5, 0.6) is 11.5 Å². The van der Waals surface area contributed by atoms with Gasteiger partial charge in [-0.25, -0.2) is 4.39 Å². The van der Waals surface area contributed by atoms with Crippen molar-refractivity contribution in [2.75, 3.05) is 18.1 Å². The lowest BCUT2D eigenvalue weighted by Crippen LogP contribution is -2.38. The summed E-state index contributed by atoms with van der Waals surface area (Å²) in [6, 6.07) is 23.0. The average Bonchev–Trinajstić information content (AvgIpc) is 3.43. The van der Waals surface area contributed by atoms with Crippen molar-refractivity contribution in [2.45, 2.75) is 19.5 Å². The predicted octanol–water partition coefficient (Wildman–Crippen LogP) is 5.10. The number of hydrogen-bond donors (Lipinski definition) is 1. The molecule has 1 aliphatic heterocycles. The lowest BCUT2D eigenvalue weighted by Gasteiger charge is -2.29. The number of para-hydroxylation sites is 1. The predicted molar refractivity (Wildman–Crippen MR) is 140 cm³/mol. The molecule has 5 rings (SSSR count). The highest BCUT2D eigenvalue weighted by Gasteiger charge is 2.28. The molecule has 2 amide bonds. The number of carbonyl (C=O) groups is 3. The van der Waals surface area contributed by atoms with E-state index in [2.05, 4.69) is 5.32 Å². The minimum atomic E-state index is -0.568. The molecule has 8 nitrogen and oxygen atoms in total. The van der Waals surface area contributed by atoms with Crippen LogP contribution in [-0.2, 0) is 11.3 Å². The van der Waals surface area contributed by atoms with Gasteiger partial charge in [0.2, 0.25) is 0 Å². The van der Waals surface area contributed by atoms with Gasteiger partial charge in [0.05, 0.1) is 18.3 Å². The van der Waals surface area contributed by atoms with Crippen LogP contribution in [-0.4, -0.2) is 30.8 Å². The van der Waals surface area contributed by atoms with Gasteiger partial charge in [-0.15, -0.1) is 0 Å². The number of fused-ring (bicyclic) bond motifs is 1. The molecule has 3 aromatic carbocycles. The number of nitrogens with zero attached hydrogens (tertiary/aromatic N) is 1. The van der Waals surface area contributed by atoms with E-state index in [-0.39, 0.29) is 54.7 Å². The number of furan rings is 1. The summed E-state index contributed by atoms with van der Waals surface area (Å²) in [7, 11) is 0. The van der Waals surface area contributed by atoms with Crippen LogP contribution in [0.3, 0.4) is 0 Å². The fourth-order valence-corrected chi connectivity index (χ4v) is 4.17. The Morgan fingerprint density at radius 1 is 1.03 bits per heavy atom. The fraction of sp³-hybridized carbons (Fsp3) is 0.167. The maximum atomic E-state index is 13.8. The molecular formula is C30H25FN2O6. The van der Waals surface area contributed by atoms with Crippen molar-refractivity contribution in [3.63, 3.8) is 0 Å². The van der Waals surface area contributed by atoms with Crippen molar-refractivity contribution in [3.05, 3.63) is 113 Å². The Hall–Kier alpha value is -4.92. The van der Waals surface area contributed by atoms with Gasteiger partial charge in [0, 0.05) is 5.56 Å². The van der Waals surface area contributed by atoms with E-state index in [1.165, 1.54) is 29.2 Å². The second-order valence-electron chi connectivity index (χ2n) is 8.97. The van der Waals surface area contributed by atoms with Crippen molar-refractivity contribution in [1.29, 1.82) is 0 Å². The molecule has 0 saturated carbocycles. The molecule has 1 atom stereocenters. The van der Waals surface area contributed by atoms with E-state index in [9.17, 15) is 18.8 Å². The first-order valence-electron chi connectivity index (χ1n) is 12.3. The standard InChI is InChI=1S/C30H25FN2O6/c1-19(20-7-3-2-4-8-20)32-30(36)28-14-12-22(39-28)16-33-24-15-21(11-13-27(24)38-18-29(33)35)25(34)17-37-26-10-6-5-9-23(26)31/h2-15,19H,16-18H2,1H3,(H,32,36)/t19-/m0/s1. The molecule has 0 bridgehead atoms. The van der Waals surface area contributed by atoms with E-state index in [1.807, 2.05) is 37.3 Å². The van der Waals surface area contributed by atoms with E-state index >= 15 is 0 Å². The van der Waals surface area contributed by atoms with Crippen LogP contribution in [0.4, 0.5) is 10.1 Å². The zero-order valence-corrected chi connectivity index (χ0v) is 21.1. The van der Waals surface area contributed by atoms with Crippen LogP contribution in [0.15, 0.2) is 89.3 Å². The largest absolute Gasteiger partial charge is 0.482 e. The van der Waals surface area contributed by atoms with Gasteiger partial charge in [-0.05, 0) is 55.0 Å². The number of Topliss-reactive ketones (excluding diaryl/α,β-unsaturated/α-hetero) is 1. The van der Waals surface area contributed by atoms with E-state index in [0.717, 1.165) is 5.56 Å². The van der Waals surface area contributed by atoms with Crippen LogP contribution in [0.1, 0.15) is 45.2 Å². The molecule has 1 aliphatic rings. The van der Waals surface area contributed by atoms with E-state index in [0.29, 0.717) is 17.2 Å². The Morgan fingerprint density at radius 3 is 2.59 bits per heavy atom. The fourth-order valence-electron chi connectivity index (χ4n) is 4.17. The van der Waals surface area contributed by atoms with Gasteiger partial charge in [0.1, 0.15) is 11.5 Å². The van der Waals surface area contributed by atoms with E-state index < -0.39 is 11.6 Å². The molecule has 198 valence electrons. The molecule has 0 radical (unpaired) electrons.